The monoisotopic (exact) mass is 221 g/mol. The molecule has 5 heteroatoms. The Morgan fingerprint density at radius 3 is 3.00 bits per heavy atom. The number of nitrogens with zero attached hydrogens (tertiary/aromatic N) is 2. The Hall–Kier alpha value is -1.62. The molecule has 1 N–H and O–H groups in total. The van der Waals surface area contributed by atoms with Crippen LogP contribution in [0.15, 0.2) is 16.9 Å². The van der Waals surface area contributed by atoms with Gasteiger partial charge in [0.1, 0.15) is 5.65 Å². The lowest BCUT2D eigenvalue weighted by molar-refractivity contribution is 0.179. The van der Waals surface area contributed by atoms with E-state index in [-0.39, 0.29) is 5.56 Å². The van der Waals surface area contributed by atoms with Crippen molar-refractivity contribution in [3.8, 4) is 0 Å². The first kappa shape index (κ1) is 10.9. The summed E-state index contributed by atoms with van der Waals surface area (Å²) in [5, 5.41) is 4.43. The minimum absolute atomic E-state index is 0.123. The molecule has 0 unspecified atom stereocenters. The number of aromatic nitrogens is 3. The van der Waals surface area contributed by atoms with E-state index in [9.17, 15) is 4.79 Å². The lowest BCUT2D eigenvalue weighted by Gasteiger charge is -2.01. The van der Waals surface area contributed by atoms with Gasteiger partial charge in [0.15, 0.2) is 0 Å². The standard InChI is InChI=1S/C11H15N3O2/c1-3-4-8-5-10-12-11(15)6-9(7-16-2)14(10)13-8/h5-6H,3-4,7H2,1-2H3,(H,12,15). The molecule has 0 spiro atoms. The fourth-order valence-corrected chi connectivity index (χ4v) is 1.74. The summed E-state index contributed by atoms with van der Waals surface area (Å²) in [5.41, 5.74) is 2.36. The van der Waals surface area contributed by atoms with E-state index in [2.05, 4.69) is 17.0 Å². The van der Waals surface area contributed by atoms with Crippen molar-refractivity contribution in [2.45, 2.75) is 26.4 Å². The topological polar surface area (TPSA) is 59.4 Å². The fraction of sp³-hybridized carbons (Fsp3) is 0.455. The second-order valence-electron chi connectivity index (χ2n) is 3.74. The van der Waals surface area contributed by atoms with Crippen LogP contribution in [-0.2, 0) is 17.8 Å². The predicted molar refractivity (Wildman–Crippen MR) is 60.5 cm³/mol. The van der Waals surface area contributed by atoms with E-state index < -0.39 is 0 Å². The molecule has 2 rings (SSSR count). The van der Waals surface area contributed by atoms with Crippen molar-refractivity contribution in [1.29, 1.82) is 0 Å². The van der Waals surface area contributed by atoms with E-state index in [1.54, 1.807) is 11.6 Å². The normalized spacial score (nSPS) is 11.1. The zero-order chi connectivity index (χ0) is 11.5. The van der Waals surface area contributed by atoms with E-state index in [0.717, 1.165) is 29.9 Å². The van der Waals surface area contributed by atoms with Crippen LogP contribution in [0.5, 0.6) is 0 Å². The maximum atomic E-state index is 11.4. The highest BCUT2D eigenvalue weighted by molar-refractivity contribution is 5.40. The summed E-state index contributed by atoms with van der Waals surface area (Å²) >= 11 is 0. The zero-order valence-electron chi connectivity index (χ0n) is 9.49. The molecule has 0 amide bonds. The summed E-state index contributed by atoms with van der Waals surface area (Å²) in [6, 6.07) is 3.42. The summed E-state index contributed by atoms with van der Waals surface area (Å²) in [6.07, 6.45) is 1.95. The minimum Gasteiger partial charge on any atom is -0.378 e. The quantitative estimate of drug-likeness (QED) is 0.841. The molecule has 86 valence electrons. The molecule has 0 saturated heterocycles. The average Bonchev–Trinajstić information content (AvgIpc) is 2.61. The van der Waals surface area contributed by atoms with Gasteiger partial charge in [-0.15, -0.1) is 0 Å². The van der Waals surface area contributed by atoms with E-state index >= 15 is 0 Å². The van der Waals surface area contributed by atoms with Gasteiger partial charge in [-0.3, -0.25) is 4.79 Å². The molecule has 2 aromatic heterocycles. The third kappa shape index (κ3) is 1.99. The Bertz CT molecular complexity index is 542. The third-order valence-electron chi connectivity index (χ3n) is 2.38. The van der Waals surface area contributed by atoms with Crippen LogP contribution in [0.2, 0.25) is 0 Å². The zero-order valence-corrected chi connectivity index (χ0v) is 9.49. The van der Waals surface area contributed by atoms with Crippen LogP contribution >= 0.6 is 0 Å². The Balaban J connectivity index is 2.56. The molecule has 0 radical (unpaired) electrons. The summed E-state index contributed by atoms with van der Waals surface area (Å²) in [6.45, 7) is 2.48. The molecular weight excluding hydrogens is 206 g/mol. The molecule has 5 nitrogen and oxygen atoms in total. The summed E-state index contributed by atoms with van der Waals surface area (Å²) in [7, 11) is 1.60. The first-order valence-corrected chi connectivity index (χ1v) is 5.34. The molecule has 0 fully saturated rings. The number of aromatic amines is 1. The highest BCUT2D eigenvalue weighted by Crippen LogP contribution is 2.07. The van der Waals surface area contributed by atoms with Gasteiger partial charge in [0, 0.05) is 19.2 Å². The van der Waals surface area contributed by atoms with Gasteiger partial charge in [-0.05, 0) is 6.42 Å². The number of methoxy groups -OCH3 is 1. The smallest absolute Gasteiger partial charge is 0.251 e. The van der Waals surface area contributed by atoms with Crippen molar-refractivity contribution in [2.24, 2.45) is 0 Å². The predicted octanol–water partition coefficient (Wildman–Crippen LogP) is 1.12. The molecular formula is C11H15N3O2. The molecule has 0 atom stereocenters. The largest absolute Gasteiger partial charge is 0.378 e. The minimum atomic E-state index is -0.123. The van der Waals surface area contributed by atoms with Crippen molar-refractivity contribution < 1.29 is 4.74 Å². The number of rotatable bonds is 4. The van der Waals surface area contributed by atoms with Gasteiger partial charge >= 0.3 is 0 Å². The van der Waals surface area contributed by atoms with Gasteiger partial charge in [-0.1, -0.05) is 13.3 Å². The second-order valence-corrected chi connectivity index (χ2v) is 3.74. The molecule has 0 bridgehead atoms. The van der Waals surface area contributed by atoms with E-state index in [1.165, 1.54) is 6.07 Å². The average molecular weight is 221 g/mol. The first-order valence-electron chi connectivity index (χ1n) is 5.34. The Morgan fingerprint density at radius 2 is 2.31 bits per heavy atom. The van der Waals surface area contributed by atoms with Gasteiger partial charge < -0.3 is 9.72 Å². The summed E-state index contributed by atoms with van der Waals surface area (Å²) in [4.78, 5) is 14.2. The van der Waals surface area contributed by atoms with E-state index in [1.807, 2.05) is 6.07 Å². The highest BCUT2D eigenvalue weighted by Gasteiger charge is 2.06. The third-order valence-corrected chi connectivity index (χ3v) is 2.38. The lowest BCUT2D eigenvalue weighted by Crippen LogP contribution is -2.12. The Morgan fingerprint density at radius 1 is 1.50 bits per heavy atom. The molecule has 0 aliphatic heterocycles. The van der Waals surface area contributed by atoms with E-state index in [0.29, 0.717) is 6.61 Å². The molecule has 2 heterocycles. The molecule has 0 aromatic carbocycles. The lowest BCUT2D eigenvalue weighted by atomic mass is 10.2. The van der Waals surface area contributed by atoms with Crippen molar-refractivity contribution >= 4 is 5.65 Å². The highest BCUT2D eigenvalue weighted by atomic mass is 16.5. The number of nitrogens with one attached hydrogen (secondary N) is 1. The Labute approximate surface area is 93.1 Å². The molecule has 2 aromatic rings. The van der Waals surface area contributed by atoms with Crippen LogP contribution in [0.1, 0.15) is 24.7 Å². The maximum Gasteiger partial charge on any atom is 0.251 e. The van der Waals surface area contributed by atoms with Gasteiger partial charge in [0.05, 0.1) is 18.0 Å². The molecule has 0 aliphatic carbocycles. The van der Waals surface area contributed by atoms with Crippen LogP contribution in [0.25, 0.3) is 5.65 Å². The number of aryl methyl sites for hydroxylation is 1. The summed E-state index contributed by atoms with van der Waals surface area (Å²) < 4.78 is 6.78. The first-order chi connectivity index (χ1) is 7.74. The molecule has 0 saturated carbocycles. The van der Waals surface area contributed by atoms with Crippen LogP contribution < -0.4 is 5.56 Å². The van der Waals surface area contributed by atoms with Crippen molar-refractivity contribution in [3.63, 3.8) is 0 Å². The van der Waals surface area contributed by atoms with Crippen molar-refractivity contribution in [2.75, 3.05) is 7.11 Å². The van der Waals surface area contributed by atoms with Gasteiger partial charge in [0.25, 0.3) is 5.56 Å². The maximum absolute atomic E-state index is 11.4. The van der Waals surface area contributed by atoms with Gasteiger partial charge in [-0.2, -0.15) is 5.10 Å². The van der Waals surface area contributed by atoms with Gasteiger partial charge in [0.2, 0.25) is 0 Å². The van der Waals surface area contributed by atoms with Crippen molar-refractivity contribution in [3.05, 3.63) is 33.9 Å². The molecule has 0 aliphatic rings. The van der Waals surface area contributed by atoms with Crippen LogP contribution in [0, 0.1) is 0 Å². The van der Waals surface area contributed by atoms with Gasteiger partial charge in [-0.25, -0.2) is 4.52 Å². The number of ether oxygens (including phenoxy) is 1. The van der Waals surface area contributed by atoms with Crippen LogP contribution in [-0.4, -0.2) is 21.7 Å². The number of fused-ring (bicyclic) bond motifs is 1. The molecule has 16 heavy (non-hydrogen) atoms. The SMILES string of the molecule is CCCc1cc2[nH]c(=O)cc(COC)n2n1. The Kier molecular flexibility index (Phi) is 3.05. The van der Waals surface area contributed by atoms with E-state index in [4.69, 9.17) is 4.74 Å². The number of H-pyrrole nitrogens is 1. The number of hydrogen-bond donors (Lipinski definition) is 1. The second kappa shape index (κ2) is 4.49. The number of hydrogen-bond acceptors (Lipinski definition) is 3. The fourth-order valence-electron chi connectivity index (χ4n) is 1.74. The van der Waals surface area contributed by atoms with Crippen molar-refractivity contribution in [1.82, 2.24) is 14.6 Å². The van der Waals surface area contributed by atoms with Crippen LogP contribution in [0.3, 0.4) is 0 Å². The van der Waals surface area contributed by atoms with Crippen LogP contribution in [0.4, 0.5) is 0 Å². The summed E-state index contributed by atoms with van der Waals surface area (Å²) in [5.74, 6) is 0.